The molecule has 5 aliphatic rings. The first-order valence-electron chi connectivity index (χ1n) is 36.4. The number of benzene rings is 12. The van der Waals surface area contributed by atoms with E-state index in [-0.39, 0.29) is 23.5 Å². The summed E-state index contributed by atoms with van der Waals surface area (Å²) in [7, 11) is 0. The molecule has 3 heteroatoms. The highest BCUT2D eigenvalue weighted by molar-refractivity contribution is 6.99. The maximum absolute atomic E-state index is 2.89. The van der Waals surface area contributed by atoms with Crippen molar-refractivity contribution in [1.82, 2.24) is 0 Å². The van der Waals surface area contributed by atoms with Crippen molar-refractivity contribution in [2.24, 2.45) is 11.8 Å². The average molecular weight is 1280 g/mol. The number of nitrogens with zero attached hydrogens (tertiary/aromatic N) is 2. The first-order valence-corrected chi connectivity index (χ1v) is 36.4. The molecule has 12 aromatic carbocycles. The number of rotatable bonds is 11. The van der Waals surface area contributed by atoms with E-state index in [0.717, 1.165) is 22.7 Å². The molecule has 0 aromatic heterocycles. The van der Waals surface area contributed by atoms with Crippen LogP contribution in [0.3, 0.4) is 0 Å². The summed E-state index contributed by atoms with van der Waals surface area (Å²) >= 11 is 0. The predicted molar refractivity (Wildman–Crippen MR) is 422 cm³/mol. The number of piperidine rings is 1. The molecule has 0 N–H and O–H groups in total. The van der Waals surface area contributed by atoms with E-state index in [1.54, 1.807) is 0 Å². The Labute approximate surface area is 588 Å². The van der Waals surface area contributed by atoms with Crippen LogP contribution in [-0.2, 0) is 16.2 Å². The Morgan fingerprint density at radius 1 is 0.394 bits per heavy atom. The maximum Gasteiger partial charge on any atom is 0.247 e. The Morgan fingerprint density at radius 2 is 0.899 bits per heavy atom. The molecule has 2 aliphatic carbocycles. The summed E-state index contributed by atoms with van der Waals surface area (Å²) in [5.41, 5.74) is 31.7. The lowest BCUT2D eigenvalue weighted by Gasteiger charge is -2.51. The highest BCUT2D eigenvalue weighted by atomic mass is 15.2. The minimum Gasteiger partial charge on any atom is -0.366 e. The van der Waals surface area contributed by atoms with Crippen LogP contribution in [0.4, 0.5) is 22.7 Å². The summed E-state index contributed by atoms with van der Waals surface area (Å²) in [6.45, 7) is 18.8. The highest BCUT2D eigenvalue weighted by Gasteiger charge is 2.54. The molecule has 2 fully saturated rings. The third kappa shape index (κ3) is 11.0. The summed E-state index contributed by atoms with van der Waals surface area (Å²) in [5, 5.41) is 0. The highest BCUT2D eigenvalue weighted by Crippen LogP contribution is 2.61. The lowest BCUT2D eigenvalue weighted by atomic mass is 9.30. The van der Waals surface area contributed by atoms with Crippen molar-refractivity contribution in [3.8, 4) is 55.6 Å². The molecule has 3 aliphatic heterocycles. The molecule has 17 rings (SSSR count). The summed E-state index contributed by atoms with van der Waals surface area (Å²) < 4.78 is 0. The van der Waals surface area contributed by atoms with Gasteiger partial charge in [-0.1, -0.05) is 315 Å². The fourth-order valence-corrected chi connectivity index (χ4v) is 18.4. The van der Waals surface area contributed by atoms with Gasteiger partial charge in [-0.05, 0) is 203 Å². The van der Waals surface area contributed by atoms with E-state index in [1.165, 1.54) is 154 Å². The van der Waals surface area contributed by atoms with Gasteiger partial charge in [-0.25, -0.2) is 0 Å². The number of hydrogen-bond acceptors (Lipinski definition) is 2. The van der Waals surface area contributed by atoms with Crippen molar-refractivity contribution in [3.63, 3.8) is 0 Å². The van der Waals surface area contributed by atoms with Crippen molar-refractivity contribution in [1.29, 1.82) is 0 Å². The zero-order chi connectivity index (χ0) is 67.3. The Balaban J connectivity index is 1.05. The minimum absolute atomic E-state index is 0.0125. The molecule has 1 saturated carbocycles. The second kappa shape index (κ2) is 24.6. The van der Waals surface area contributed by atoms with E-state index in [4.69, 9.17) is 0 Å². The molecular formula is C96H87BN2. The lowest BCUT2D eigenvalue weighted by molar-refractivity contribution is 0.179. The standard InChI is InChI=1S/C96H87BN2/c1-63-51-65-53-64(2)98(81(52-63)54-65)80-48-49-87-84(61-80)91(96(79-37-25-14-26-38-79)62-76(67-29-17-10-18-30-67)58-86(96)72-35-23-13-24-36-72)85-57-75(69-41-46-78(47-42-69)95(6,7)8)60-90-92(85)97(87)88-59-73(68-39-44-77(45-40-68)94(3,4)5)43-50-89(88)99(90)93-82(70-31-19-11-20-32-70)55-74(66-27-15-9-16-28-66)56-83(93)71-33-21-12-22-34-71/h9-50,55-65,81,91H,51-54H2,1-8H3. The maximum atomic E-state index is 2.89. The van der Waals surface area contributed by atoms with Crippen molar-refractivity contribution in [3.05, 3.63) is 342 Å². The van der Waals surface area contributed by atoms with E-state index in [1.807, 2.05) is 0 Å². The molecule has 0 amide bonds. The molecule has 6 unspecified atom stereocenters. The van der Waals surface area contributed by atoms with Crippen LogP contribution in [0, 0.1) is 11.8 Å². The van der Waals surface area contributed by atoms with Gasteiger partial charge in [0.05, 0.1) is 11.1 Å². The van der Waals surface area contributed by atoms with Crippen LogP contribution in [0.25, 0.3) is 66.8 Å². The summed E-state index contributed by atoms with van der Waals surface area (Å²) in [4.78, 5) is 5.64. The van der Waals surface area contributed by atoms with Gasteiger partial charge >= 0.3 is 0 Å². The molecule has 0 radical (unpaired) electrons. The normalized spacial score (nSPS) is 20.0. The second-order valence-corrected chi connectivity index (χ2v) is 31.4. The van der Waals surface area contributed by atoms with Gasteiger partial charge in [-0.15, -0.1) is 0 Å². The molecule has 0 spiro atoms. The van der Waals surface area contributed by atoms with Crippen LogP contribution in [0.2, 0.25) is 0 Å². The first-order chi connectivity index (χ1) is 48.1. The van der Waals surface area contributed by atoms with E-state index in [2.05, 4.69) is 369 Å². The summed E-state index contributed by atoms with van der Waals surface area (Å²) in [6.07, 6.45) is 10.3. The smallest absolute Gasteiger partial charge is 0.247 e. The number of anilines is 4. The van der Waals surface area contributed by atoms with E-state index in [0.29, 0.717) is 18.0 Å². The van der Waals surface area contributed by atoms with Gasteiger partial charge < -0.3 is 9.80 Å². The van der Waals surface area contributed by atoms with Gasteiger partial charge in [0.1, 0.15) is 0 Å². The Morgan fingerprint density at radius 3 is 1.47 bits per heavy atom. The molecule has 3 heterocycles. The van der Waals surface area contributed by atoms with Gasteiger partial charge in [-0.3, -0.25) is 0 Å². The Kier molecular flexibility index (Phi) is 15.5. The molecular weight excluding hydrogens is 1190 g/mol. The monoisotopic (exact) mass is 1280 g/mol. The molecule has 2 nitrogen and oxygen atoms in total. The molecule has 6 atom stereocenters. The van der Waals surface area contributed by atoms with E-state index in [9.17, 15) is 0 Å². The SMILES string of the molecule is CC1CC2CC(C)N(c3ccc4c(c3)C(C3(c5ccccc5)C=C(c5ccccc5)C=C3c3ccccc3)c3cc(-c5ccc(C(C)(C)C)cc5)cc5c3B4c3cc(-c4ccc(C(C)(C)C)cc4)ccc3N5c3c(-c4ccccc4)cc(-c4ccccc4)cc3-c3ccccc3)C(C1)C2. The van der Waals surface area contributed by atoms with Crippen molar-refractivity contribution in [2.45, 2.75) is 115 Å². The van der Waals surface area contributed by atoms with Crippen LogP contribution in [0.15, 0.2) is 303 Å². The molecule has 99 heavy (non-hydrogen) atoms. The van der Waals surface area contributed by atoms with Crippen LogP contribution in [-0.4, -0.2) is 18.8 Å². The average Bonchev–Trinajstić information content (AvgIpc) is 1.26. The molecule has 12 aromatic rings. The Hall–Kier alpha value is -10.2. The topological polar surface area (TPSA) is 6.48 Å². The number of allylic oxidation sites excluding steroid dienone is 4. The van der Waals surface area contributed by atoms with Gasteiger partial charge in [-0.2, -0.15) is 0 Å². The van der Waals surface area contributed by atoms with Gasteiger partial charge in [0.2, 0.25) is 6.71 Å². The van der Waals surface area contributed by atoms with Crippen molar-refractivity contribution < 1.29 is 0 Å². The number of fused-ring (bicyclic) bond motifs is 6. The summed E-state index contributed by atoms with van der Waals surface area (Å²) in [6, 6.07) is 113. The van der Waals surface area contributed by atoms with Gasteiger partial charge in [0.15, 0.2) is 0 Å². The van der Waals surface area contributed by atoms with Crippen molar-refractivity contribution >= 4 is 57.0 Å². The molecule has 2 bridgehead atoms. The molecule has 1 saturated heterocycles. The quantitative estimate of drug-likeness (QED) is 0.119. The van der Waals surface area contributed by atoms with Crippen LogP contribution in [0.5, 0.6) is 0 Å². The third-order valence-corrected chi connectivity index (χ3v) is 23.0. The fourth-order valence-electron chi connectivity index (χ4n) is 18.4. The van der Waals surface area contributed by atoms with Crippen LogP contribution in [0.1, 0.15) is 126 Å². The third-order valence-electron chi connectivity index (χ3n) is 23.0. The summed E-state index contributed by atoms with van der Waals surface area (Å²) in [5.74, 6) is 1.21. The largest absolute Gasteiger partial charge is 0.366 e. The second-order valence-electron chi connectivity index (χ2n) is 31.4. The van der Waals surface area contributed by atoms with Gasteiger partial charge in [0, 0.05) is 46.2 Å². The van der Waals surface area contributed by atoms with Gasteiger partial charge in [0.25, 0.3) is 0 Å². The van der Waals surface area contributed by atoms with Crippen molar-refractivity contribution in [2.75, 3.05) is 9.80 Å². The van der Waals surface area contributed by atoms with E-state index >= 15 is 0 Å². The Bertz CT molecular complexity index is 5000. The molecule has 484 valence electrons. The predicted octanol–water partition coefficient (Wildman–Crippen LogP) is 22.9. The number of hydrogen-bond donors (Lipinski definition) is 0. The lowest BCUT2D eigenvalue weighted by Crippen LogP contribution is -2.63. The van der Waals surface area contributed by atoms with Crippen LogP contribution >= 0.6 is 0 Å². The fraction of sp³-hybridized carbons (Fsp3) is 0.208. The minimum atomic E-state index is -0.740. The zero-order valence-corrected chi connectivity index (χ0v) is 58.6. The van der Waals surface area contributed by atoms with Crippen LogP contribution < -0.4 is 26.2 Å². The van der Waals surface area contributed by atoms with E-state index < -0.39 is 5.41 Å². The zero-order valence-electron chi connectivity index (χ0n) is 58.6. The first kappa shape index (κ1) is 62.3.